The highest BCUT2D eigenvalue weighted by atomic mass is 32.1. The van der Waals surface area contributed by atoms with Crippen LogP contribution in [0.5, 0.6) is 0 Å². The number of fused-ring (bicyclic) bond motifs is 1. The number of thiazole rings is 1. The first-order valence-corrected chi connectivity index (χ1v) is 8.94. The summed E-state index contributed by atoms with van der Waals surface area (Å²) in [5.74, 6) is 0. The largest absolute Gasteiger partial charge is 0.422 e. The lowest BCUT2D eigenvalue weighted by Crippen LogP contribution is -2.05. The molecule has 0 amide bonds. The van der Waals surface area contributed by atoms with Gasteiger partial charge in [-0.1, -0.05) is 48.5 Å². The van der Waals surface area contributed by atoms with Gasteiger partial charge in [0.15, 0.2) is 5.13 Å². The van der Waals surface area contributed by atoms with Gasteiger partial charge in [-0.25, -0.2) is 9.78 Å². The molecule has 124 valence electrons. The number of rotatable bonds is 5. The number of hydrogen-bond acceptors (Lipinski definition) is 5. The van der Waals surface area contributed by atoms with Gasteiger partial charge in [-0.3, -0.25) is 0 Å². The van der Waals surface area contributed by atoms with Crippen molar-refractivity contribution < 1.29 is 4.42 Å². The highest BCUT2D eigenvalue weighted by molar-refractivity contribution is 7.14. The third-order valence-corrected chi connectivity index (χ3v) is 4.75. The molecule has 1 N–H and O–H groups in total. The molecule has 0 aliphatic rings. The molecule has 0 bridgehead atoms. The van der Waals surface area contributed by atoms with Gasteiger partial charge < -0.3 is 9.73 Å². The summed E-state index contributed by atoms with van der Waals surface area (Å²) in [6, 6.07) is 19.6. The molecule has 25 heavy (non-hydrogen) atoms. The van der Waals surface area contributed by atoms with Gasteiger partial charge in [0.05, 0.1) is 11.3 Å². The lowest BCUT2D eigenvalue weighted by atomic mass is 10.1. The van der Waals surface area contributed by atoms with Crippen molar-refractivity contribution in [1.82, 2.24) is 4.98 Å². The zero-order valence-electron chi connectivity index (χ0n) is 13.4. The summed E-state index contributed by atoms with van der Waals surface area (Å²) in [6.45, 7) is 0.795. The normalized spacial score (nSPS) is 10.9. The summed E-state index contributed by atoms with van der Waals surface area (Å²) < 4.78 is 5.38. The van der Waals surface area contributed by atoms with Gasteiger partial charge in [-0.05, 0) is 24.1 Å². The number of para-hydroxylation sites is 1. The lowest BCUT2D eigenvalue weighted by Gasteiger charge is -2.02. The fraction of sp³-hybridized carbons (Fsp3) is 0.100. The molecule has 0 aliphatic carbocycles. The second-order valence-corrected chi connectivity index (χ2v) is 6.54. The van der Waals surface area contributed by atoms with Crippen LogP contribution < -0.4 is 10.9 Å². The Labute approximate surface area is 148 Å². The van der Waals surface area contributed by atoms with E-state index >= 15 is 0 Å². The average molecular weight is 348 g/mol. The molecule has 0 fully saturated rings. The van der Waals surface area contributed by atoms with Crippen LogP contribution in [0.4, 0.5) is 5.13 Å². The summed E-state index contributed by atoms with van der Waals surface area (Å²) in [4.78, 5) is 16.7. The first kappa shape index (κ1) is 15.6. The first-order valence-electron chi connectivity index (χ1n) is 8.06. The molecule has 4 nitrogen and oxygen atoms in total. The molecule has 0 atom stereocenters. The molecule has 2 heterocycles. The Morgan fingerprint density at radius 3 is 2.72 bits per heavy atom. The minimum Gasteiger partial charge on any atom is -0.422 e. The topological polar surface area (TPSA) is 55.1 Å². The molecule has 2 aromatic carbocycles. The van der Waals surface area contributed by atoms with Crippen molar-refractivity contribution in [3.05, 3.63) is 82.0 Å². The van der Waals surface area contributed by atoms with Crippen molar-refractivity contribution in [3.8, 4) is 11.3 Å². The second-order valence-electron chi connectivity index (χ2n) is 5.69. The maximum atomic E-state index is 12.2. The Hall–Kier alpha value is -2.92. The minimum atomic E-state index is -0.361. The highest BCUT2D eigenvalue weighted by Crippen LogP contribution is 2.25. The number of nitrogens with zero attached hydrogens (tertiary/aromatic N) is 1. The maximum Gasteiger partial charge on any atom is 0.345 e. The smallest absolute Gasteiger partial charge is 0.345 e. The van der Waals surface area contributed by atoms with Gasteiger partial charge in [0.2, 0.25) is 0 Å². The average Bonchev–Trinajstić information content (AvgIpc) is 3.11. The Kier molecular flexibility index (Phi) is 4.31. The van der Waals surface area contributed by atoms with Crippen LogP contribution in [0, 0.1) is 0 Å². The van der Waals surface area contributed by atoms with Crippen LogP contribution >= 0.6 is 11.3 Å². The fourth-order valence-electron chi connectivity index (χ4n) is 2.68. The van der Waals surface area contributed by atoms with Crippen LogP contribution in [-0.4, -0.2) is 11.5 Å². The molecule has 4 rings (SSSR count). The number of hydrogen-bond donors (Lipinski definition) is 1. The van der Waals surface area contributed by atoms with Crippen molar-refractivity contribution in [2.24, 2.45) is 0 Å². The fourth-order valence-corrected chi connectivity index (χ4v) is 3.42. The van der Waals surface area contributed by atoms with Crippen molar-refractivity contribution >= 4 is 27.4 Å². The van der Waals surface area contributed by atoms with Gasteiger partial charge in [-0.15, -0.1) is 11.3 Å². The SMILES string of the molecule is O=c1oc2ccccc2cc1-c1csc(NCCc2ccccc2)n1. The predicted octanol–water partition coefficient (Wildman–Crippen LogP) is 4.57. The van der Waals surface area contributed by atoms with E-state index in [2.05, 4.69) is 22.4 Å². The number of benzene rings is 2. The third kappa shape index (κ3) is 3.46. The molecular weight excluding hydrogens is 332 g/mol. The van der Waals surface area contributed by atoms with Crippen LogP contribution in [0.15, 0.2) is 75.3 Å². The molecule has 0 saturated heterocycles. The van der Waals surface area contributed by atoms with Gasteiger partial charge in [0, 0.05) is 17.3 Å². The van der Waals surface area contributed by atoms with E-state index in [1.54, 1.807) is 6.07 Å². The highest BCUT2D eigenvalue weighted by Gasteiger charge is 2.11. The van der Waals surface area contributed by atoms with Crippen LogP contribution in [0.3, 0.4) is 0 Å². The second kappa shape index (κ2) is 6.91. The molecule has 4 aromatic rings. The standard InChI is InChI=1S/C20H16N2O2S/c23-19-16(12-15-8-4-5-9-18(15)24-19)17-13-25-20(22-17)21-11-10-14-6-2-1-3-7-14/h1-9,12-13H,10-11H2,(H,21,22). The van der Waals surface area contributed by atoms with Crippen LogP contribution in [0.25, 0.3) is 22.2 Å². The van der Waals surface area contributed by atoms with E-state index in [1.165, 1.54) is 16.9 Å². The molecule has 0 unspecified atom stereocenters. The quantitative estimate of drug-likeness (QED) is 0.537. The van der Waals surface area contributed by atoms with Gasteiger partial charge in [0.25, 0.3) is 0 Å². The zero-order valence-corrected chi connectivity index (χ0v) is 14.3. The lowest BCUT2D eigenvalue weighted by molar-refractivity contribution is 0.563. The van der Waals surface area contributed by atoms with E-state index in [-0.39, 0.29) is 5.63 Å². The molecule has 0 radical (unpaired) electrons. The van der Waals surface area contributed by atoms with Crippen molar-refractivity contribution in [1.29, 1.82) is 0 Å². The Balaban J connectivity index is 1.51. The van der Waals surface area contributed by atoms with E-state index < -0.39 is 0 Å². The molecule has 0 spiro atoms. The molecule has 5 heteroatoms. The van der Waals surface area contributed by atoms with Crippen molar-refractivity contribution in [2.75, 3.05) is 11.9 Å². The van der Waals surface area contributed by atoms with Crippen LogP contribution in [0.2, 0.25) is 0 Å². The van der Waals surface area contributed by atoms with Crippen LogP contribution in [0.1, 0.15) is 5.56 Å². The molecule has 0 aliphatic heterocycles. The predicted molar refractivity (Wildman–Crippen MR) is 102 cm³/mol. The van der Waals surface area contributed by atoms with Crippen molar-refractivity contribution in [2.45, 2.75) is 6.42 Å². The molecular formula is C20H16N2O2S. The number of nitrogens with one attached hydrogen (secondary N) is 1. The first-order chi connectivity index (χ1) is 12.3. The Morgan fingerprint density at radius 1 is 1.04 bits per heavy atom. The van der Waals surface area contributed by atoms with E-state index in [0.29, 0.717) is 16.8 Å². The molecule has 2 aromatic heterocycles. The minimum absolute atomic E-state index is 0.361. The van der Waals surface area contributed by atoms with Crippen molar-refractivity contribution in [3.63, 3.8) is 0 Å². The Bertz CT molecular complexity index is 1050. The van der Waals surface area contributed by atoms with Gasteiger partial charge >= 0.3 is 5.63 Å². The number of aromatic nitrogens is 1. The summed E-state index contributed by atoms with van der Waals surface area (Å²) in [5.41, 5.74) is 2.65. The zero-order chi connectivity index (χ0) is 17.1. The van der Waals surface area contributed by atoms with Gasteiger partial charge in [0.1, 0.15) is 5.58 Å². The maximum absolute atomic E-state index is 12.2. The summed E-state index contributed by atoms with van der Waals surface area (Å²) >= 11 is 1.49. The van der Waals surface area contributed by atoms with Gasteiger partial charge in [-0.2, -0.15) is 0 Å². The summed E-state index contributed by atoms with van der Waals surface area (Å²) in [6.07, 6.45) is 0.924. The van der Waals surface area contributed by atoms with Crippen LogP contribution in [-0.2, 0) is 6.42 Å². The summed E-state index contributed by atoms with van der Waals surface area (Å²) in [7, 11) is 0. The van der Waals surface area contributed by atoms with E-state index in [4.69, 9.17) is 4.42 Å². The van der Waals surface area contributed by atoms with E-state index in [9.17, 15) is 4.79 Å². The van der Waals surface area contributed by atoms with E-state index in [0.717, 1.165) is 23.5 Å². The number of anilines is 1. The molecule has 0 saturated carbocycles. The Morgan fingerprint density at radius 2 is 1.84 bits per heavy atom. The third-order valence-electron chi connectivity index (χ3n) is 3.95. The van der Waals surface area contributed by atoms with E-state index in [1.807, 2.05) is 47.8 Å². The summed E-state index contributed by atoms with van der Waals surface area (Å²) in [5, 5.41) is 6.89. The monoisotopic (exact) mass is 348 g/mol.